The van der Waals surface area contributed by atoms with Crippen molar-refractivity contribution in [3.63, 3.8) is 0 Å². The highest BCUT2D eigenvalue weighted by Gasteiger charge is 2.84. The minimum Gasteiger partial charge on any atom is -0.0649 e. The molecule has 4 aliphatic rings. The summed E-state index contributed by atoms with van der Waals surface area (Å²) in [4.78, 5) is 0. The predicted octanol–water partition coefficient (Wildman–Crippen LogP) is 3.71. The van der Waals surface area contributed by atoms with Gasteiger partial charge in [0.05, 0.1) is 0 Å². The molecule has 0 saturated heterocycles. The summed E-state index contributed by atoms with van der Waals surface area (Å²) < 4.78 is 0. The Balaban J connectivity index is 1.74. The first kappa shape index (κ1) is 8.32. The molecule has 0 aromatic rings. The van der Waals surface area contributed by atoms with Crippen LogP contribution in [-0.2, 0) is 0 Å². The largest absolute Gasteiger partial charge is 0.0649 e. The van der Waals surface area contributed by atoms with E-state index in [1.807, 2.05) is 0 Å². The lowest BCUT2D eigenvalue weighted by Crippen LogP contribution is -2.57. The second-order valence-corrected chi connectivity index (χ2v) is 6.57. The molecule has 0 N–H and O–H groups in total. The van der Waals surface area contributed by atoms with Crippen LogP contribution in [0.15, 0.2) is 0 Å². The van der Waals surface area contributed by atoms with Gasteiger partial charge in [0.15, 0.2) is 0 Å². The van der Waals surface area contributed by atoms with E-state index in [1.54, 1.807) is 12.8 Å². The predicted molar refractivity (Wildman–Crippen MR) is 55.4 cm³/mol. The summed E-state index contributed by atoms with van der Waals surface area (Å²) in [5.74, 6) is 4.48. The van der Waals surface area contributed by atoms with E-state index in [0.717, 1.165) is 17.3 Å². The van der Waals surface area contributed by atoms with Crippen LogP contribution in [0.25, 0.3) is 0 Å². The molecule has 1 spiro atoms. The molecule has 74 valence electrons. The summed E-state index contributed by atoms with van der Waals surface area (Å²) in [5, 5.41) is 0. The summed E-state index contributed by atoms with van der Waals surface area (Å²) >= 11 is 0. The smallest absolute Gasteiger partial charge is 0.0227 e. The van der Waals surface area contributed by atoms with Crippen LogP contribution >= 0.6 is 0 Å². The Morgan fingerprint density at radius 3 is 2.38 bits per heavy atom. The molecule has 2 bridgehead atoms. The molecule has 0 amide bonds. The average molecular weight is 178 g/mol. The zero-order valence-corrected chi connectivity index (χ0v) is 9.43. The Bertz CT molecular complexity index is 249. The number of rotatable bonds is 3. The van der Waals surface area contributed by atoms with Crippen LogP contribution in [0.3, 0.4) is 0 Å². The second kappa shape index (κ2) is 1.99. The van der Waals surface area contributed by atoms with Crippen molar-refractivity contribution in [2.24, 2.45) is 34.5 Å². The van der Waals surface area contributed by atoms with Gasteiger partial charge in [-0.2, -0.15) is 0 Å². The lowest BCUT2D eigenvalue weighted by Gasteiger charge is -2.63. The third kappa shape index (κ3) is 0.714. The van der Waals surface area contributed by atoms with Crippen molar-refractivity contribution in [3.05, 3.63) is 0 Å². The minimum absolute atomic E-state index is 0.587. The van der Waals surface area contributed by atoms with Gasteiger partial charge in [0.25, 0.3) is 0 Å². The standard InChI is InChI=1S/C13H22/c1-5-12(3,4)8(2)11-9-6-13(11)7-10(9)13/h8-11H,5-7H2,1-4H3. The Labute approximate surface area is 82.1 Å². The molecule has 0 heteroatoms. The van der Waals surface area contributed by atoms with E-state index in [1.165, 1.54) is 18.3 Å². The van der Waals surface area contributed by atoms with Gasteiger partial charge in [-0.1, -0.05) is 34.1 Å². The first-order valence-electron chi connectivity index (χ1n) is 6.03. The molecular formula is C13H22. The highest BCUT2D eigenvalue weighted by atomic mass is 14.9. The van der Waals surface area contributed by atoms with Crippen LogP contribution in [0.5, 0.6) is 0 Å². The molecule has 5 atom stereocenters. The SMILES string of the molecule is CCC(C)(C)C(C)C1C2CC13CC23. The molecule has 5 unspecified atom stereocenters. The van der Waals surface area contributed by atoms with E-state index in [9.17, 15) is 0 Å². The molecule has 4 fully saturated rings. The fraction of sp³-hybridized carbons (Fsp3) is 1.00. The van der Waals surface area contributed by atoms with Crippen molar-refractivity contribution in [1.29, 1.82) is 0 Å². The average Bonchev–Trinajstić information content (AvgIpc) is 2.50. The summed E-state index contributed by atoms with van der Waals surface area (Å²) in [7, 11) is 0. The highest BCUT2D eigenvalue weighted by molar-refractivity contribution is 5.32. The van der Waals surface area contributed by atoms with Gasteiger partial charge < -0.3 is 0 Å². The normalized spacial score (nSPS) is 53.1. The first-order chi connectivity index (χ1) is 6.03. The minimum atomic E-state index is 0.587. The van der Waals surface area contributed by atoms with Crippen molar-refractivity contribution in [2.75, 3.05) is 0 Å². The number of hydrogen-bond donors (Lipinski definition) is 0. The molecule has 13 heavy (non-hydrogen) atoms. The van der Waals surface area contributed by atoms with Gasteiger partial charge in [0.2, 0.25) is 0 Å². The second-order valence-electron chi connectivity index (χ2n) is 6.57. The highest BCUT2D eigenvalue weighted by Crippen LogP contribution is 2.90. The van der Waals surface area contributed by atoms with E-state index in [2.05, 4.69) is 27.7 Å². The Morgan fingerprint density at radius 1 is 1.38 bits per heavy atom. The van der Waals surface area contributed by atoms with Gasteiger partial charge >= 0.3 is 0 Å². The van der Waals surface area contributed by atoms with Crippen LogP contribution in [0.1, 0.15) is 47.0 Å². The topological polar surface area (TPSA) is 0 Å². The number of hydrogen-bond acceptors (Lipinski definition) is 0. The van der Waals surface area contributed by atoms with Crippen LogP contribution in [-0.4, -0.2) is 0 Å². The molecule has 0 aliphatic heterocycles. The molecule has 0 heterocycles. The van der Waals surface area contributed by atoms with Crippen molar-refractivity contribution >= 4 is 0 Å². The fourth-order valence-electron chi connectivity index (χ4n) is 4.30. The van der Waals surface area contributed by atoms with Crippen LogP contribution in [0.4, 0.5) is 0 Å². The molecule has 0 aromatic carbocycles. The van der Waals surface area contributed by atoms with Gasteiger partial charge in [-0.05, 0) is 47.3 Å². The summed E-state index contributed by atoms with van der Waals surface area (Å²) in [6.07, 6.45) is 4.55. The van der Waals surface area contributed by atoms with Crippen LogP contribution in [0.2, 0.25) is 0 Å². The molecule has 0 aromatic heterocycles. The van der Waals surface area contributed by atoms with Crippen molar-refractivity contribution < 1.29 is 0 Å². The summed E-state index contributed by atoms with van der Waals surface area (Å²) in [6, 6.07) is 0. The Hall–Kier alpha value is 0. The van der Waals surface area contributed by atoms with Crippen molar-refractivity contribution in [2.45, 2.75) is 47.0 Å². The molecule has 4 rings (SSSR count). The maximum Gasteiger partial charge on any atom is -0.0227 e. The quantitative estimate of drug-likeness (QED) is 0.618. The van der Waals surface area contributed by atoms with E-state index in [-0.39, 0.29) is 0 Å². The molecule has 4 saturated carbocycles. The van der Waals surface area contributed by atoms with E-state index in [4.69, 9.17) is 0 Å². The zero-order valence-electron chi connectivity index (χ0n) is 9.43. The lowest BCUT2D eigenvalue weighted by atomic mass is 9.42. The van der Waals surface area contributed by atoms with Gasteiger partial charge in [-0.15, -0.1) is 0 Å². The van der Waals surface area contributed by atoms with E-state index < -0.39 is 0 Å². The van der Waals surface area contributed by atoms with Gasteiger partial charge in [0, 0.05) is 0 Å². The Kier molecular flexibility index (Phi) is 1.27. The zero-order chi connectivity index (χ0) is 9.43. The summed E-state index contributed by atoms with van der Waals surface area (Å²) in [6.45, 7) is 9.78. The van der Waals surface area contributed by atoms with E-state index in [0.29, 0.717) is 5.41 Å². The van der Waals surface area contributed by atoms with Crippen molar-refractivity contribution in [3.8, 4) is 0 Å². The van der Waals surface area contributed by atoms with E-state index >= 15 is 0 Å². The first-order valence-corrected chi connectivity index (χ1v) is 6.03. The monoisotopic (exact) mass is 178 g/mol. The third-order valence-corrected chi connectivity index (χ3v) is 6.12. The van der Waals surface area contributed by atoms with Crippen molar-refractivity contribution in [1.82, 2.24) is 0 Å². The maximum atomic E-state index is 2.51. The Morgan fingerprint density at radius 2 is 2.08 bits per heavy atom. The molecule has 0 radical (unpaired) electrons. The molecule has 0 nitrogen and oxygen atoms in total. The van der Waals surface area contributed by atoms with Gasteiger partial charge in [-0.3, -0.25) is 0 Å². The van der Waals surface area contributed by atoms with Gasteiger partial charge in [-0.25, -0.2) is 0 Å². The maximum absolute atomic E-state index is 2.51. The summed E-state index contributed by atoms with van der Waals surface area (Å²) in [5.41, 5.74) is 1.51. The van der Waals surface area contributed by atoms with Crippen LogP contribution < -0.4 is 0 Å². The van der Waals surface area contributed by atoms with Crippen LogP contribution in [0, 0.1) is 34.5 Å². The molecule has 4 aliphatic carbocycles. The fourth-order valence-corrected chi connectivity index (χ4v) is 4.30. The van der Waals surface area contributed by atoms with Gasteiger partial charge in [0.1, 0.15) is 0 Å². The lowest BCUT2D eigenvalue weighted by molar-refractivity contribution is -0.150. The third-order valence-electron chi connectivity index (χ3n) is 6.12. The molecular weight excluding hydrogens is 156 g/mol.